The fraction of sp³-hybridized carbons (Fsp3) is 0.167. The number of carbonyl (C=O) groups excluding carboxylic acids is 2. The molecule has 1 amide bonds. The fourth-order valence-corrected chi connectivity index (χ4v) is 1.97. The van der Waals surface area contributed by atoms with Gasteiger partial charge in [0.05, 0.1) is 18.1 Å². The van der Waals surface area contributed by atoms with E-state index in [4.69, 9.17) is 10.00 Å². The highest BCUT2D eigenvalue weighted by molar-refractivity contribution is 5.95. The zero-order chi connectivity index (χ0) is 17.5. The van der Waals surface area contributed by atoms with Gasteiger partial charge >= 0.3 is 5.97 Å². The molecule has 6 heteroatoms. The van der Waals surface area contributed by atoms with E-state index < -0.39 is 18.0 Å². The van der Waals surface area contributed by atoms with E-state index in [1.54, 1.807) is 18.2 Å². The van der Waals surface area contributed by atoms with Crippen molar-refractivity contribution in [3.8, 4) is 6.07 Å². The van der Waals surface area contributed by atoms with Gasteiger partial charge in [-0.2, -0.15) is 5.26 Å². The summed E-state index contributed by atoms with van der Waals surface area (Å²) in [7, 11) is 0. The van der Waals surface area contributed by atoms with E-state index in [2.05, 4.69) is 5.32 Å². The molecule has 0 bridgehead atoms. The van der Waals surface area contributed by atoms with Gasteiger partial charge in [-0.3, -0.25) is 9.59 Å². The second kappa shape index (κ2) is 7.88. The lowest BCUT2D eigenvalue weighted by Gasteiger charge is -2.13. The fourth-order valence-electron chi connectivity index (χ4n) is 1.97. The van der Waals surface area contributed by atoms with Crippen molar-refractivity contribution < 1.29 is 18.7 Å². The minimum Gasteiger partial charge on any atom is -0.452 e. The van der Waals surface area contributed by atoms with E-state index in [1.165, 1.54) is 37.3 Å². The molecule has 0 aliphatic carbocycles. The smallest absolute Gasteiger partial charge is 0.311 e. The molecule has 24 heavy (non-hydrogen) atoms. The zero-order valence-corrected chi connectivity index (χ0v) is 13.0. The van der Waals surface area contributed by atoms with Crippen LogP contribution < -0.4 is 5.32 Å². The van der Waals surface area contributed by atoms with Gasteiger partial charge in [0, 0.05) is 5.69 Å². The number of anilines is 1. The Kier molecular flexibility index (Phi) is 5.63. The number of halogens is 1. The molecule has 5 nitrogen and oxygen atoms in total. The number of hydrogen-bond donors (Lipinski definition) is 1. The first-order valence-corrected chi connectivity index (χ1v) is 7.23. The van der Waals surface area contributed by atoms with Crippen LogP contribution >= 0.6 is 0 Å². The summed E-state index contributed by atoms with van der Waals surface area (Å²) in [6, 6.07) is 13.8. The first-order valence-electron chi connectivity index (χ1n) is 7.23. The molecule has 2 aromatic carbocycles. The lowest BCUT2D eigenvalue weighted by Crippen LogP contribution is -2.30. The van der Waals surface area contributed by atoms with Crippen LogP contribution in [0.15, 0.2) is 48.5 Å². The quantitative estimate of drug-likeness (QED) is 0.857. The minimum absolute atomic E-state index is 0.0538. The maximum Gasteiger partial charge on any atom is 0.311 e. The molecule has 0 saturated heterocycles. The number of nitriles is 1. The van der Waals surface area contributed by atoms with Gasteiger partial charge in [0.15, 0.2) is 6.10 Å². The second-order valence-electron chi connectivity index (χ2n) is 5.12. The average Bonchev–Trinajstić information content (AvgIpc) is 2.57. The molecule has 0 fully saturated rings. The van der Waals surface area contributed by atoms with Crippen molar-refractivity contribution in [2.45, 2.75) is 19.4 Å². The number of benzene rings is 2. The van der Waals surface area contributed by atoms with Gasteiger partial charge in [-0.05, 0) is 42.8 Å². The van der Waals surface area contributed by atoms with Crippen LogP contribution in [0.2, 0.25) is 0 Å². The monoisotopic (exact) mass is 326 g/mol. The summed E-state index contributed by atoms with van der Waals surface area (Å²) in [5.74, 6) is -1.48. The third kappa shape index (κ3) is 4.92. The van der Waals surface area contributed by atoms with Crippen molar-refractivity contribution in [1.29, 1.82) is 5.26 Å². The standard InChI is InChI=1S/C18H15FN2O3/c1-12(18(23)21-16-4-2-3-14(9-16)11-20)24-17(22)10-13-5-7-15(19)8-6-13/h2-9,12H,10H2,1H3,(H,21,23)/t12-/m0/s1. The van der Waals surface area contributed by atoms with Crippen molar-refractivity contribution in [3.05, 3.63) is 65.5 Å². The predicted octanol–water partition coefficient (Wildman–Crippen LogP) is 2.81. The van der Waals surface area contributed by atoms with E-state index in [1.807, 2.05) is 6.07 Å². The number of rotatable bonds is 5. The maximum atomic E-state index is 12.8. The Bertz CT molecular complexity index is 782. The van der Waals surface area contributed by atoms with Gasteiger partial charge in [-0.25, -0.2) is 4.39 Å². The molecule has 0 aromatic heterocycles. The molecule has 2 rings (SSSR count). The molecule has 122 valence electrons. The first kappa shape index (κ1) is 17.2. The summed E-state index contributed by atoms with van der Waals surface area (Å²) in [6.45, 7) is 1.45. The van der Waals surface area contributed by atoms with E-state index in [0.717, 1.165) is 0 Å². The Morgan fingerprint density at radius 1 is 1.25 bits per heavy atom. The van der Waals surface area contributed by atoms with Crippen LogP contribution in [-0.4, -0.2) is 18.0 Å². The first-order chi connectivity index (χ1) is 11.5. The summed E-state index contributed by atoms with van der Waals surface area (Å²) in [5, 5.41) is 11.4. The number of carbonyl (C=O) groups is 2. The van der Waals surface area contributed by atoms with Crippen LogP contribution in [0.25, 0.3) is 0 Å². The number of amides is 1. The molecular weight excluding hydrogens is 311 g/mol. The number of esters is 1. The molecule has 2 aromatic rings. The molecule has 1 atom stereocenters. The number of hydrogen-bond acceptors (Lipinski definition) is 4. The highest BCUT2D eigenvalue weighted by atomic mass is 19.1. The Morgan fingerprint density at radius 2 is 1.96 bits per heavy atom. The van der Waals surface area contributed by atoms with Gasteiger partial charge in [-0.1, -0.05) is 18.2 Å². The van der Waals surface area contributed by atoms with Gasteiger partial charge in [0.1, 0.15) is 5.82 Å². The molecule has 0 aliphatic heterocycles. The van der Waals surface area contributed by atoms with Gasteiger partial charge in [0.25, 0.3) is 5.91 Å². The van der Waals surface area contributed by atoms with Crippen LogP contribution in [-0.2, 0) is 20.7 Å². The second-order valence-corrected chi connectivity index (χ2v) is 5.12. The van der Waals surface area contributed by atoms with Crippen LogP contribution in [0.1, 0.15) is 18.1 Å². The summed E-state index contributed by atoms with van der Waals surface area (Å²) in [4.78, 5) is 23.8. The van der Waals surface area contributed by atoms with Gasteiger partial charge in [0.2, 0.25) is 0 Å². The van der Waals surface area contributed by atoms with Crippen molar-refractivity contribution >= 4 is 17.6 Å². The van der Waals surface area contributed by atoms with Crippen molar-refractivity contribution in [1.82, 2.24) is 0 Å². The minimum atomic E-state index is -0.997. The molecule has 0 saturated carbocycles. The molecule has 1 N–H and O–H groups in total. The van der Waals surface area contributed by atoms with E-state index in [-0.39, 0.29) is 12.2 Å². The summed E-state index contributed by atoms with van der Waals surface area (Å²) < 4.78 is 17.9. The Morgan fingerprint density at radius 3 is 2.62 bits per heavy atom. The summed E-state index contributed by atoms with van der Waals surface area (Å²) >= 11 is 0. The Hall–Kier alpha value is -3.20. The zero-order valence-electron chi connectivity index (χ0n) is 13.0. The van der Waals surface area contributed by atoms with Crippen LogP contribution in [0, 0.1) is 17.1 Å². The molecule has 0 heterocycles. The maximum absolute atomic E-state index is 12.8. The predicted molar refractivity (Wildman–Crippen MR) is 85.4 cm³/mol. The molecule has 0 spiro atoms. The van der Waals surface area contributed by atoms with Crippen molar-refractivity contribution in [2.75, 3.05) is 5.32 Å². The summed E-state index contributed by atoms with van der Waals surface area (Å²) in [6.07, 6.45) is -1.05. The molecule has 0 aliphatic rings. The largest absolute Gasteiger partial charge is 0.452 e. The van der Waals surface area contributed by atoms with Crippen molar-refractivity contribution in [2.24, 2.45) is 0 Å². The Balaban J connectivity index is 1.89. The van der Waals surface area contributed by atoms with E-state index >= 15 is 0 Å². The normalized spacial score (nSPS) is 11.2. The van der Waals surface area contributed by atoms with Crippen molar-refractivity contribution in [3.63, 3.8) is 0 Å². The lowest BCUT2D eigenvalue weighted by molar-refractivity contribution is -0.152. The number of nitrogens with one attached hydrogen (secondary N) is 1. The van der Waals surface area contributed by atoms with E-state index in [9.17, 15) is 14.0 Å². The van der Waals surface area contributed by atoms with Crippen LogP contribution in [0.5, 0.6) is 0 Å². The van der Waals surface area contributed by atoms with Crippen LogP contribution in [0.3, 0.4) is 0 Å². The number of ether oxygens (including phenoxy) is 1. The Labute approximate surface area is 138 Å². The summed E-state index contributed by atoms with van der Waals surface area (Å²) in [5.41, 5.74) is 1.45. The molecule has 0 radical (unpaired) electrons. The van der Waals surface area contributed by atoms with Gasteiger partial charge in [-0.15, -0.1) is 0 Å². The third-order valence-electron chi connectivity index (χ3n) is 3.20. The highest BCUT2D eigenvalue weighted by Gasteiger charge is 2.18. The molecule has 0 unspecified atom stereocenters. The highest BCUT2D eigenvalue weighted by Crippen LogP contribution is 2.11. The SMILES string of the molecule is C[C@H](OC(=O)Cc1ccc(F)cc1)C(=O)Nc1cccc(C#N)c1. The van der Waals surface area contributed by atoms with E-state index in [0.29, 0.717) is 16.8 Å². The van der Waals surface area contributed by atoms with Gasteiger partial charge < -0.3 is 10.1 Å². The number of nitrogens with zero attached hydrogens (tertiary/aromatic N) is 1. The third-order valence-corrected chi connectivity index (χ3v) is 3.20. The average molecular weight is 326 g/mol. The topological polar surface area (TPSA) is 79.2 Å². The molecular formula is C18H15FN2O3. The van der Waals surface area contributed by atoms with Crippen LogP contribution in [0.4, 0.5) is 10.1 Å². The lowest BCUT2D eigenvalue weighted by atomic mass is 10.1.